The molecule has 0 saturated carbocycles. The van der Waals surface area contributed by atoms with Gasteiger partial charge in [-0.2, -0.15) is 0 Å². The Labute approximate surface area is 149 Å². The Bertz CT molecular complexity index is 549. The van der Waals surface area contributed by atoms with Crippen LogP contribution in [0, 0.1) is 5.92 Å². The minimum absolute atomic E-state index is 0.0895. The number of carbonyl (C=O) groups excluding carboxylic acids is 1. The first-order chi connectivity index (χ1) is 12.1. The van der Waals surface area contributed by atoms with E-state index in [-0.39, 0.29) is 11.8 Å². The summed E-state index contributed by atoms with van der Waals surface area (Å²) in [6.07, 6.45) is 5.82. The molecule has 2 aliphatic heterocycles. The lowest BCUT2D eigenvalue weighted by molar-refractivity contribution is -0.135. The molecule has 7 nitrogen and oxygen atoms in total. The van der Waals surface area contributed by atoms with Gasteiger partial charge >= 0.3 is 0 Å². The quantitative estimate of drug-likeness (QED) is 0.859. The number of piperidine rings is 1. The fourth-order valence-electron chi connectivity index (χ4n) is 3.30. The number of hydrogen-bond acceptors (Lipinski definition) is 6. The molecule has 25 heavy (non-hydrogen) atoms. The molecular formula is C18H29N5O2. The minimum atomic E-state index is 0.0895. The molecule has 0 bridgehead atoms. The van der Waals surface area contributed by atoms with Gasteiger partial charge in [0.25, 0.3) is 0 Å². The molecule has 0 atom stereocenters. The summed E-state index contributed by atoms with van der Waals surface area (Å²) in [7, 11) is 0. The maximum Gasteiger partial charge on any atom is 0.225 e. The molecule has 1 aromatic heterocycles. The van der Waals surface area contributed by atoms with Crippen LogP contribution >= 0.6 is 0 Å². The Morgan fingerprint density at radius 3 is 2.44 bits per heavy atom. The third kappa shape index (κ3) is 4.89. The van der Waals surface area contributed by atoms with Gasteiger partial charge in [-0.1, -0.05) is 13.8 Å². The standard InChI is InChI=1S/C18H29N5O2/c1-14(2)17(24)22-5-3-16(4-6-22)19-11-15-12-20-18(21-13-15)23-7-9-25-10-8-23/h12-14,16,19H,3-11H2,1-2H3. The zero-order chi connectivity index (χ0) is 17.6. The van der Waals surface area contributed by atoms with E-state index < -0.39 is 0 Å². The Morgan fingerprint density at radius 2 is 1.84 bits per heavy atom. The van der Waals surface area contributed by atoms with Crippen molar-refractivity contribution in [1.82, 2.24) is 20.2 Å². The largest absolute Gasteiger partial charge is 0.378 e. The highest BCUT2D eigenvalue weighted by Crippen LogP contribution is 2.14. The number of rotatable bonds is 5. The number of ether oxygens (including phenoxy) is 1. The minimum Gasteiger partial charge on any atom is -0.378 e. The highest BCUT2D eigenvalue weighted by atomic mass is 16.5. The predicted molar refractivity (Wildman–Crippen MR) is 96.3 cm³/mol. The lowest BCUT2D eigenvalue weighted by Gasteiger charge is -2.33. The van der Waals surface area contributed by atoms with E-state index in [1.165, 1.54) is 0 Å². The first kappa shape index (κ1) is 18.1. The molecule has 1 aromatic rings. The van der Waals surface area contributed by atoms with Crippen molar-refractivity contribution in [2.45, 2.75) is 39.3 Å². The van der Waals surface area contributed by atoms with Crippen LogP contribution in [0.4, 0.5) is 5.95 Å². The number of aromatic nitrogens is 2. The molecule has 1 N–H and O–H groups in total. The number of nitrogens with zero attached hydrogens (tertiary/aromatic N) is 4. The molecule has 0 aliphatic carbocycles. The zero-order valence-electron chi connectivity index (χ0n) is 15.3. The highest BCUT2D eigenvalue weighted by molar-refractivity contribution is 5.78. The third-order valence-corrected chi connectivity index (χ3v) is 4.88. The normalized spacial score (nSPS) is 19.5. The Hall–Kier alpha value is -1.73. The van der Waals surface area contributed by atoms with Gasteiger partial charge in [0.15, 0.2) is 0 Å². The van der Waals surface area contributed by atoms with E-state index >= 15 is 0 Å². The van der Waals surface area contributed by atoms with E-state index in [0.717, 1.165) is 70.3 Å². The molecule has 2 saturated heterocycles. The molecule has 2 aliphatic rings. The van der Waals surface area contributed by atoms with Gasteiger partial charge in [0.2, 0.25) is 11.9 Å². The van der Waals surface area contributed by atoms with Crippen molar-refractivity contribution >= 4 is 11.9 Å². The van der Waals surface area contributed by atoms with Crippen LogP contribution in [-0.4, -0.2) is 66.2 Å². The second kappa shape index (κ2) is 8.58. The van der Waals surface area contributed by atoms with Crippen LogP contribution in [-0.2, 0) is 16.1 Å². The summed E-state index contributed by atoms with van der Waals surface area (Å²) in [6.45, 7) is 9.58. The van der Waals surface area contributed by atoms with E-state index in [2.05, 4.69) is 20.2 Å². The number of hydrogen-bond donors (Lipinski definition) is 1. The van der Waals surface area contributed by atoms with Gasteiger partial charge in [0.05, 0.1) is 13.2 Å². The zero-order valence-corrected chi connectivity index (χ0v) is 15.3. The van der Waals surface area contributed by atoms with E-state index in [4.69, 9.17) is 4.74 Å². The van der Waals surface area contributed by atoms with Gasteiger partial charge in [-0.05, 0) is 12.8 Å². The van der Waals surface area contributed by atoms with Crippen molar-refractivity contribution < 1.29 is 9.53 Å². The Balaban J connectivity index is 1.42. The summed E-state index contributed by atoms with van der Waals surface area (Å²) >= 11 is 0. The lowest BCUT2D eigenvalue weighted by atomic mass is 10.0. The number of nitrogens with one attached hydrogen (secondary N) is 1. The smallest absolute Gasteiger partial charge is 0.225 e. The van der Waals surface area contributed by atoms with Gasteiger partial charge in [-0.3, -0.25) is 4.79 Å². The fraction of sp³-hybridized carbons (Fsp3) is 0.722. The monoisotopic (exact) mass is 347 g/mol. The second-order valence-corrected chi connectivity index (χ2v) is 7.13. The van der Waals surface area contributed by atoms with E-state index in [1.54, 1.807) is 0 Å². The molecule has 3 heterocycles. The van der Waals surface area contributed by atoms with Crippen LogP contribution in [0.15, 0.2) is 12.4 Å². The maximum atomic E-state index is 12.0. The summed E-state index contributed by atoms with van der Waals surface area (Å²) < 4.78 is 5.35. The van der Waals surface area contributed by atoms with Crippen molar-refractivity contribution in [1.29, 1.82) is 0 Å². The van der Waals surface area contributed by atoms with Crippen LogP contribution in [0.1, 0.15) is 32.3 Å². The predicted octanol–water partition coefficient (Wildman–Crippen LogP) is 1.05. The molecular weight excluding hydrogens is 318 g/mol. The highest BCUT2D eigenvalue weighted by Gasteiger charge is 2.23. The topological polar surface area (TPSA) is 70.6 Å². The SMILES string of the molecule is CC(C)C(=O)N1CCC(NCc2cnc(N3CCOCC3)nc2)CC1. The summed E-state index contributed by atoms with van der Waals surface area (Å²) in [6, 6.07) is 0.454. The van der Waals surface area contributed by atoms with Gasteiger partial charge in [-0.25, -0.2) is 9.97 Å². The molecule has 0 radical (unpaired) electrons. The lowest BCUT2D eigenvalue weighted by Crippen LogP contribution is -2.46. The van der Waals surface area contributed by atoms with Gasteiger partial charge in [-0.15, -0.1) is 0 Å². The summed E-state index contributed by atoms with van der Waals surface area (Å²) in [5.74, 6) is 1.14. The fourth-order valence-corrected chi connectivity index (χ4v) is 3.30. The molecule has 1 amide bonds. The third-order valence-electron chi connectivity index (χ3n) is 4.88. The molecule has 2 fully saturated rings. The average Bonchev–Trinajstić information content (AvgIpc) is 2.67. The summed E-state index contributed by atoms with van der Waals surface area (Å²) in [4.78, 5) is 25.1. The first-order valence-corrected chi connectivity index (χ1v) is 9.29. The maximum absolute atomic E-state index is 12.0. The number of morpholine rings is 1. The molecule has 0 unspecified atom stereocenters. The van der Waals surface area contributed by atoms with Gasteiger partial charge in [0.1, 0.15) is 0 Å². The van der Waals surface area contributed by atoms with E-state index in [0.29, 0.717) is 6.04 Å². The van der Waals surface area contributed by atoms with Crippen LogP contribution in [0.2, 0.25) is 0 Å². The van der Waals surface area contributed by atoms with Crippen molar-refractivity contribution in [3.05, 3.63) is 18.0 Å². The Kier molecular flexibility index (Phi) is 6.20. The number of anilines is 1. The van der Waals surface area contributed by atoms with Gasteiger partial charge < -0.3 is 19.9 Å². The molecule has 3 rings (SSSR count). The molecule has 138 valence electrons. The Morgan fingerprint density at radius 1 is 1.20 bits per heavy atom. The van der Waals surface area contributed by atoms with Crippen LogP contribution in [0.5, 0.6) is 0 Å². The first-order valence-electron chi connectivity index (χ1n) is 9.29. The van der Waals surface area contributed by atoms with Crippen molar-refractivity contribution in [2.75, 3.05) is 44.3 Å². The number of likely N-dealkylation sites (tertiary alicyclic amines) is 1. The van der Waals surface area contributed by atoms with Gasteiger partial charge in [0, 0.05) is 62.6 Å². The molecule has 0 spiro atoms. The van der Waals surface area contributed by atoms with Crippen LogP contribution in [0.3, 0.4) is 0 Å². The van der Waals surface area contributed by atoms with Crippen LogP contribution < -0.4 is 10.2 Å². The second-order valence-electron chi connectivity index (χ2n) is 7.13. The molecule has 0 aromatic carbocycles. The summed E-state index contributed by atoms with van der Waals surface area (Å²) in [5.41, 5.74) is 1.10. The summed E-state index contributed by atoms with van der Waals surface area (Å²) in [5, 5.41) is 3.57. The number of carbonyl (C=O) groups is 1. The number of amides is 1. The van der Waals surface area contributed by atoms with E-state index in [1.807, 2.05) is 31.1 Å². The van der Waals surface area contributed by atoms with Crippen LogP contribution in [0.25, 0.3) is 0 Å². The average molecular weight is 347 g/mol. The van der Waals surface area contributed by atoms with Crippen molar-refractivity contribution in [3.8, 4) is 0 Å². The van der Waals surface area contributed by atoms with Crippen molar-refractivity contribution in [3.63, 3.8) is 0 Å². The van der Waals surface area contributed by atoms with Crippen molar-refractivity contribution in [2.24, 2.45) is 5.92 Å². The van der Waals surface area contributed by atoms with E-state index in [9.17, 15) is 4.79 Å². The molecule has 7 heteroatoms.